The number of sulfonamides is 1. The highest BCUT2D eigenvalue weighted by Crippen LogP contribution is 2.30. The average Bonchev–Trinajstić information content (AvgIpc) is 2.83. The minimum atomic E-state index is -4.14. The summed E-state index contributed by atoms with van der Waals surface area (Å²) in [5.41, 5.74) is 3.02. The molecular weight excluding hydrogens is 503 g/mol. The minimum Gasteiger partial charge on any atom is -0.271 e. The third-order valence-corrected chi connectivity index (χ3v) is 7.16. The van der Waals surface area contributed by atoms with Crippen LogP contribution in [0.15, 0.2) is 82.8 Å². The molecule has 0 spiro atoms. The molecule has 3 rings (SSSR count). The van der Waals surface area contributed by atoms with Gasteiger partial charge in [0.25, 0.3) is 21.6 Å². The first-order chi connectivity index (χ1) is 16.1. The van der Waals surface area contributed by atoms with Crippen LogP contribution in [0.4, 0.5) is 11.4 Å². The zero-order chi connectivity index (χ0) is 24.9. The number of hydrogen-bond donors (Lipinski definition) is 1. The molecule has 0 bridgehead atoms. The number of carbonyl (C=O) groups is 1. The van der Waals surface area contributed by atoms with Crippen LogP contribution >= 0.6 is 23.2 Å². The molecule has 0 radical (unpaired) electrons. The smallest absolute Gasteiger partial charge is 0.270 e. The van der Waals surface area contributed by atoms with Gasteiger partial charge in [-0.3, -0.25) is 19.2 Å². The Bertz CT molecular complexity index is 1360. The Morgan fingerprint density at radius 1 is 1.03 bits per heavy atom. The maximum Gasteiger partial charge on any atom is 0.270 e. The summed E-state index contributed by atoms with van der Waals surface area (Å²) in [5.74, 6) is -0.740. The number of non-ortho nitro benzene ring substituents is 1. The first-order valence-corrected chi connectivity index (χ1v) is 11.9. The number of amides is 1. The van der Waals surface area contributed by atoms with Gasteiger partial charge >= 0.3 is 0 Å². The third-order valence-electron chi connectivity index (χ3n) is 4.63. The monoisotopic (exact) mass is 520 g/mol. The van der Waals surface area contributed by atoms with Crippen molar-refractivity contribution in [2.24, 2.45) is 5.10 Å². The van der Waals surface area contributed by atoms with Gasteiger partial charge in [0.05, 0.1) is 31.3 Å². The molecule has 176 valence electrons. The number of nitrogens with zero attached hydrogens (tertiary/aromatic N) is 3. The van der Waals surface area contributed by atoms with E-state index in [0.717, 1.165) is 4.31 Å². The zero-order valence-corrected chi connectivity index (χ0v) is 20.0. The normalized spacial score (nSPS) is 11.7. The molecule has 0 aliphatic heterocycles. The Morgan fingerprint density at radius 3 is 2.38 bits per heavy atom. The van der Waals surface area contributed by atoms with Crippen molar-refractivity contribution in [3.63, 3.8) is 0 Å². The number of rotatable bonds is 8. The number of nitrogens with one attached hydrogen (secondary N) is 1. The number of benzene rings is 3. The summed E-state index contributed by atoms with van der Waals surface area (Å²) < 4.78 is 27.5. The number of nitro benzene ring substituents is 1. The van der Waals surface area contributed by atoms with Crippen LogP contribution in [0.2, 0.25) is 10.0 Å². The summed E-state index contributed by atoms with van der Waals surface area (Å²) in [6.45, 7) is 0.942. The van der Waals surface area contributed by atoms with Crippen molar-refractivity contribution in [1.82, 2.24) is 5.43 Å². The zero-order valence-electron chi connectivity index (χ0n) is 17.7. The lowest BCUT2D eigenvalue weighted by atomic mass is 10.1. The molecule has 0 aliphatic carbocycles. The van der Waals surface area contributed by atoms with Gasteiger partial charge in [-0.05, 0) is 37.3 Å². The molecule has 34 heavy (non-hydrogen) atoms. The molecule has 3 aromatic carbocycles. The number of carbonyl (C=O) groups excluding carboxylic acids is 1. The SMILES string of the molecule is C/C(=N\NC(=O)CN(c1ccc(Cl)c(Cl)c1)S(=O)(=O)c1ccccc1)c1cccc([N+](=O)[O-])c1. The van der Waals surface area contributed by atoms with E-state index in [4.69, 9.17) is 23.2 Å². The van der Waals surface area contributed by atoms with Crippen molar-refractivity contribution < 1.29 is 18.1 Å². The van der Waals surface area contributed by atoms with E-state index in [9.17, 15) is 23.3 Å². The van der Waals surface area contributed by atoms with Crippen LogP contribution in [0.1, 0.15) is 12.5 Å². The summed E-state index contributed by atoms with van der Waals surface area (Å²) in [4.78, 5) is 23.1. The minimum absolute atomic E-state index is 0.0230. The van der Waals surface area contributed by atoms with Gasteiger partial charge in [-0.2, -0.15) is 5.10 Å². The number of hydrogen-bond acceptors (Lipinski definition) is 6. The van der Waals surface area contributed by atoms with E-state index >= 15 is 0 Å². The highest BCUT2D eigenvalue weighted by atomic mass is 35.5. The van der Waals surface area contributed by atoms with Crippen LogP contribution in [0.3, 0.4) is 0 Å². The lowest BCUT2D eigenvalue weighted by molar-refractivity contribution is -0.384. The van der Waals surface area contributed by atoms with Crippen molar-refractivity contribution in [3.05, 3.63) is 98.5 Å². The van der Waals surface area contributed by atoms with Crippen LogP contribution in [-0.4, -0.2) is 31.5 Å². The van der Waals surface area contributed by atoms with Gasteiger partial charge in [-0.25, -0.2) is 13.8 Å². The first kappa shape index (κ1) is 25.2. The third kappa shape index (κ3) is 5.90. The Labute approximate surface area is 205 Å². The van der Waals surface area contributed by atoms with Gasteiger partial charge in [0.1, 0.15) is 6.54 Å². The largest absolute Gasteiger partial charge is 0.271 e. The lowest BCUT2D eigenvalue weighted by Gasteiger charge is -2.24. The van der Waals surface area contributed by atoms with Gasteiger partial charge < -0.3 is 0 Å². The van der Waals surface area contributed by atoms with E-state index in [1.54, 1.807) is 31.2 Å². The van der Waals surface area contributed by atoms with Crippen molar-refractivity contribution >= 4 is 56.2 Å². The predicted molar refractivity (Wildman–Crippen MR) is 131 cm³/mol. The molecule has 3 aromatic rings. The van der Waals surface area contributed by atoms with Crippen molar-refractivity contribution in [2.45, 2.75) is 11.8 Å². The van der Waals surface area contributed by atoms with E-state index in [-0.39, 0.29) is 26.3 Å². The maximum absolute atomic E-state index is 13.3. The first-order valence-electron chi connectivity index (χ1n) is 9.70. The molecule has 0 aromatic heterocycles. The van der Waals surface area contributed by atoms with E-state index in [2.05, 4.69) is 10.5 Å². The molecular formula is C22H18Cl2N4O5S. The summed E-state index contributed by atoms with van der Waals surface area (Å²) >= 11 is 12.0. The molecule has 9 nitrogen and oxygen atoms in total. The Kier molecular flexibility index (Phi) is 7.87. The summed E-state index contributed by atoms with van der Waals surface area (Å²) in [6, 6.07) is 17.5. The number of hydrazone groups is 1. The van der Waals surface area contributed by atoms with Crippen LogP contribution in [0.25, 0.3) is 0 Å². The van der Waals surface area contributed by atoms with Crippen LogP contribution < -0.4 is 9.73 Å². The van der Waals surface area contributed by atoms with Crippen LogP contribution in [-0.2, 0) is 14.8 Å². The Hall–Kier alpha value is -3.47. The van der Waals surface area contributed by atoms with Crippen LogP contribution in [0, 0.1) is 10.1 Å². The Balaban J connectivity index is 1.88. The quantitative estimate of drug-likeness (QED) is 0.263. The van der Waals surface area contributed by atoms with Crippen molar-refractivity contribution in [1.29, 1.82) is 0 Å². The van der Waals surface area contributed by atoms with Crippen LogP contribution in [0.5, 0.6) is 0 Å². The number of halogens is 2. The van der Waals surface area contributed by atoms with Gasteiger partial charge in [0.2, 0.25) is 0 Å². The molecule has 0 aliphatic rings. The lowest BCUT2D eigenvalue weighted by Crippen LogP contribution is -2.39. The predicted octanol–water partition coefficient (Wildman–Crippen LogP) is 4.64. The summed E-state index contributed by atoms with van der Waals surface area (Å²) in [7, 11) is -4.14. The fourth-order valence-corrected chi connectivity index (χ4v) is 4.62. The van der Waals surface area contributed by atoms with Gasteiger partial charge in [0, 0.05) is 17.7 Å². The van der Waals surface area contributed by atoms with Gasteiger partial charge in [-0.15, -0.1) is 0 Å². The summed E-state index contributed by atoms with van der Waals surface area (Å²) in [6.07, 6.45) is 0. The topological polar surface area (TPSA) is 122 Å². The Morgan fingerprint density at radius 2 is 1.74 bits per heavy atom. The highest BCUT2D eigenvalue weighted by molar-refractivity contribution is 7.92. The molecule has 0 unspecified atom stereocenters. The van der Waals surface area contributed by atoms with Crippen molar-refractivity contribution in [3.8, 4) is 0 Å². The van der Waals surface area contributed by atoms with E-state index in [0.29, 0.717) is 11.3 Å². The molecule has 12 heteroatoms. The van der Waals surface area contributed by atoms with Gasteiger partial charge in [-0.1, -0.05) is 53.5 Å². The van der Waals surface area contributed by atoms with Gasteiger partial charge in [0.15, 0.2) is 0 Å². The summed E-state index contributed by atoms with van der Waals surface area (Å²) in [5, 5.41) is 15.3. The second-order valence-electron chi connectivity index (χ2n) is 6.96. The maximum atomic E-state index is 13.3. The van der Waals surface area contributed by atoms with E-state index < -0.39 is 27.4 Å². The second kappa shape index (κ2) is 10.6. The molecule has 0 fully saturated rings. The highest BCUT2D eigenvalue weighted by Gasteiger charge is 2.27. The fraction of sp³-hybridized carbons (Fsp3) is 0.0909. The molecule has 0 atom stereocenters. The van der Waals surface area contributed by atoms with Crippen molar-refractivity contribution in [2.75, 3.05) is 10.8 Å². The molecule has 1 N–H and O–H groups in total. The standard InChI is InChI=1S/C22H18Cl2N4O5S/c1-15(16-6-5-7-18(12-16)28(30)31)25-26-22(29)14-27(17-10-11-20(23)21(24)13-17)34(32,33)19-8-3-2-4-9-19/h2-13H,14H2,1H3,(H,26,29)/b25-15+. The molecule has 0 saturated carbocycles. The number of anilines is 1. The average molecular weight is 521 g/mol. The molecule has 0 heterocycles. The fourth-order valence-electron chi connectivity index (χ4n) is 2.90. The molecule has 1 amide bonds. The van der Waals surface area contributed by atoms with E-state index in [1.165, 1.54) is 48.5 Å². The van der Waals surface area contributed by atoms with E-state index in [1.807, 2.05) is 0 Å². The second-order valence-corrected chi connectivity index (χ2v) is 9.64. The number of nitro groups is 1. The molecule has 0 saturated heterocycles.